The number of rotatable bonds is 3. The summed E-state index contributed by atoms with van der Waals surface area (Å²) in [7, 11) is 0. The molecule has 0 radical (unpaired) electrons. The van der Waals surface area contributed by atoms with Gasteiger partial charge in [-0.25, -0.2) is 0 Å². The van der Waals surface area contributed by atoms with Gasteiger partial charge in [-0.3, -0.25) is 0 Å². The van der Waals surface area contributed by atoms with Crippen LogP contribution in [-0.2, 0) is 6.42 Å². The molecule has 0 saturated heterocycles. The Bertz CT molecular complexity index is 275. The summed E-state index contributed by atoms with van der Waals surface area (Å²) in [5, 5.41) is 3.92. The summed E-state index contributed by atoms with van der Waals surface area (Å²) in [4.78, 5) is 0. The zero-order chi connectivity index (χ0) is 10.1. The maximum Gasteiger partial charge on any atom is 0.137 e. The van der Waals surface area contributed by atoms with Crippen molar-refractivity contribution in [3.05, 3.63) is 17.0 Å². The minimum atomic E-state index is 0. The zero-order valence-corrected chi connectivity index (χ0v) is 10.1. The molecule has 1 heterocycles. The normalized spacial score (nSPS) is 11.2. The molecule has 1 aromatic rings. The summed E-state index contributed by atoms with van der Waals surface area (Å²) in [6.07, 6.45) is 0.935. The van der Waals surface area contributed by atoms with Crippen molar-refractivity contribution in [2.45, 2.75) is 34.1 Å². The Hall–Kier alpha value is -0.540. The molecule has 0 bridgehead atoms. The monoisotopic (exact) mass is 218 g/mol. The summed E-state index contributed by atoms with van der Waals surface area (Å²) >= 11 is 0. The van der Waals surface area contributed by atoms with E-state index in [2.05, 4.69) is 19.0 Å². The van der Waals surface area contributed by atoms with E-state index < -0.39 is 0 Å². The number of aromatic nitrogens is 1. The molecule has 2 N–H and O–H groups in total. The highest BCUT2D eigenvalue weighted by atomic mass is 35.5. The Balaban J connectivity index is 0.00000169. The van der Waals surface area contributed by atoms with Gasteiger partial charge < -0.3 is 10.3 Å². The van der Waals surface area contributed by atoms with Gasteiger partial charge in [-0.2, -0.15) is 0 Å². The third-order valence-corrected chi connectivity index (χ3v) is 2.39. The smallest absolute Gasteiger partial charge is 0.137 e. The molecule has 0 aliphatic carbocycles. The van der Waals surface area contributed by atoms with E-state index in [4.69, 9.17) is 10.3 Å². The fourth-order valence-electron chi connectivity index (χ4n) is 1.30. The summed E-state index contributed by atoms with van der Waals surface area (Å²) in [6, 6.07) is 0. The van der Waals surface area contributed by atoms with Crippen LogP contribution in [0.15, 0.2) is 4.52 Å². The predicted octanol–water partition coefficient (Wildman–Crippen LogP) is 2.24. The number of nitrogens with two attached hydrogens (primary N) is 1. The molecule has 3 nitrogen and oxygen atoms in total. The van der Waals surface area contributed by atoms with Crippen LogP contribution in [0.1, 0.15) is 30.9 Å². The lowest BCUT2D eigenvalue weighted by atomic mass is 9.85. The van der Waals surface area contributed by atoms with Crippen LogP contribution >= 0.6 is 12.4 Å². The van der Waals surface area contributed by atoms with E-state index in [1.807, 2.05) is 13.8 Å². The van der Waals surface area contributed by atoms with Crippen LogP contribution in [-0.4, -0.2) is 11.7 Å². The molecule has 1 rings (SSSR count). The second kappa shape index (κ2) is 4.80. The first kappa shape index (κ1) is 13.5. The van der Waals surface area contributed by atoms with Crippen LogP contribution in [0.4, 0.5) is 0 Å². The van der Waals surface area contributed by atoms with Crippen molar-refractivity contribution in [3.8, 4) is 0 Å². The van der Waals surface area contributed by atoms with Crippen LogP contribution in [0.5, 0.6) is 0 Å². The van der Waals surface area contributed by atoms with Crippen molar-refractivity contribution in [2.24, 2.45) is 11.1 Å². The van der Waals surface area contributed by atoms with E-state index >= 15 is 0 Å². The molecule has 1 aromatic heterocycles. The summed E-state index contributed by atoms with van der Waals surface area (Å²) in [5.74, 6) is 0.916. The first-order valence-corrected chi connectivity index (χ1v) is 4.58. The summed E-state index contributed by atoms with van der Waals surface area (Å²) < 4.78 is 5.09. The molecule has 0 saturated carbocycles. The second-order valence-electron chi connectivity index (χ2n) is 4.35. The average Bonchev–Trinajstić information content (AvgIpc) is 2.36. The lowest BCUT2D eigenvalue weighted by Gasteiger charge is -2.21. The van der Waals surface area contributed by atoms with Crippen LogP contribution < -0.4 is 5.73 Å². The molecular formula is C10H19ClN2O. The Kier molecular flexibility index (Phi) is 4.62. The minimum absolute atomic E-state index is 0. The Morgan fingerprint density at radius 1 is 1.36 bits per heavy atom. The molecule has 82 valence electrons. The van der Waals surface area contributed by atoms with E-state index in [9.17, 15) is 0 Å². The van der Waals surface area contributed by atoms with E-state index in [1.54, 1.807) is 0 Å². The maximum absolute atomic E-state index is 5.67. The van der Waals surface area contributed by atoms with Gasteiger partial charge in [-0.05, 0) is 32.2 Å². The fraction of sp³-hybridized carbons (Fsp3) is 0.700. The van der Waals surface area contributed by atoms with Crippen molar-refractivity contribution in [2.75, 3.05) is 6.54 Å². The number of nitrogens with zero attached hydrogens (tertiary/aromatic N) is 1. The number of hydrogen-bond acceptors (Lipinski definition) is 3. The van der Waals surface area contributed by atoms with Crippen molar-refractivity contribution in [1.29, 1.82) is 0 Å². The van der Waals surface area contributed by atoms with Gasteiger partial charge in [-0.1, -0.05) is 19.0 Å². The van der Waals surface area contributed by atoms with E-state index in [1.165, 1.54) is 5.56 Å². The third kappa shape index (κ3) is 3.00. The highest BCUT2D eigenvalue weighted by Gasteiger charge is 2.20. The van der Waals surface area contributed by atoms with E-state index in [-0.39, 0.29) is 17.8 Å². The second-order valence-corrected chi connectivity index (χ2v) is 4.35. The van der Waals surface area contributed by atoms with Crippen molar-refractivity contribution < 1.29 is 4.52 Å². The predicted molar refractivity (Wildman–Crippen MR) is 59.8 cm³/mol. The van der Waals surface area contributed by atoms with Gasteiger partial charge in [0.1, 0.15) is 5.76 Å². The first-order chi connectivity index (χ1) is 5.96. The molecular weight excluding hydrogens is 200 g/mol. The lowest BCUT2D eigenvalue weighted by Crippen LogP contribution is -2.26. The van der Waals surface area contributed by atoms with Crippen LogP contribution in [0.3, 0.4) is 0 Å². The van der Waals surface area contributed by atoms with Gasteiger partial charge in [-0.15, -0.1) is 12.4 Å². The highest BCUT2D eigenvalue weighted by Crippen LogP contribution is 2.24. The van der Waals surface area contributed by atoms with Gasteiger partial charge >= 0.3 is 0 Å². The van der Waals surface area contributed by atoms with Crippen molar-refractivity contribution >= 4 is 12.4 Å². The van der Waals surface area contributed by atoms with Crippen molar-refractivity contribution in [3.63, 3.8) is 0 Å². The topological polar surface area (TPSA) is 52.0 Å². The third-order valence-electron chi connectivity index (χ3n) is 2.39. The average molecular weight is 219 g/mol. The molecule has 0 fully saturated rings. The van der Waals surface area contributed by atoms with E-state index in [0.717, 1.165) is 17.9 Å². The van der Waals surface area contributed by atoms with Gasteiger partial charge in [0, 0.05) is 5.56 Å². The summed E-state index contributed by atoms with van der Waals surface area (Å²) in [6.45, 7) is 8.90. The van der Waals surface area contributed by atoms with Crippen molar-refractivity contribution in [1.82, 2.24) is 5.16 Å². The lowest BCUT2D eigenvalue weighted by molar-refractivity contribution is 0.366. The quantitative estimate of drug-likeness (QED) is 0.847. The van der Waals surface area contributed by atoms with Gasteiger partial charge in [0.2, 0.25) is 0 Å². The van der Waals surface area contributed by atoms with Crippen LogP contribution in [0.2, 0.25) is 0 Å². The van der Waals surface area contributed by atoms with Gasteiger partial charge in [0.25, 0.3) is 0 Å². The minimum Gasteiger partial charge on any atom is -0.361 e. The fourth-order valence-corrected chi connectivity index (χ4v) is 1.30. The number of aryl methyl sites for hydroxylation is 2. The summed E-state index contributed by atoms with van der Waals surface area (Å²) in [5.41, 5.74) is 7.99. The SMILES string of the molecule is Cc1noc(C)c1CC(C)(C)CN.Cl. The van der Waals surface area contributed by atoms with E-state index in [0.29, 0.717) is 6.54 Å². The van der Waals surface area contributed by atoms with Crippen LogP contribution in [0, 0.1) is 19.3 Å². The van der Waals surface area contributed by atoms with Gasteiger partial charge in [0.15, 0.2) is 0 Å². The largest absolute Gasteiger partial charge is 0.361 e. The Morgan fingerprint density at radius 3 is 2.29 bits per heavy atom. The molecule has 0 atom stereocenters. The standard InChI is InChI=1S/C10H18N2O.ClH/c1-7-9(8(2)13-12-7)5-10(3,4)6-11;/h5-6,11H2,1-4H3;1H. The zero-order valence-electron chi connectivity index (χ0n) is 9.26. The molecule has 14 heavy (non-hydrogen) atoms. The Labute approximate surface area is 91.4 Å². The molecule has 0 aliphatic heterocycles. The number of hydrogen-bond donors (Lipinski definition) is 1. The molecule has 0 aliphatic rings. The Morgan fingerprint density at radius 2 is 1.93 bits per heavy atom. The maximum atomic E-state index is 5.67. The van der Waals surface area contributed by atoms with Crippen LogP contribution in [0.25, 0.3) is 0 Å². The first-order valence-electron chi connectivity index (χ1n) is 4.58. The molecule has 0 spiro atoms. The highest BCUT2D eigenvalue weighted by molar-refractivity contribution is 5.85. The number of halogens is 1. The molecule has 0 unspecified atom stereocenters. The van der Waals surface area contributed by atoms with Gasteiger partial charge in [0.05, 0.1) is 5.69 Å². The molecule has 0 amide bonds. The molecule has 0 aromatic carbocycles. The molecule has 4 heteroatoms.